The van der Waals surface area contributed by atoms with E-state index in [4.69, 9.17) is 6.42 Å². The van der Waals surface area contributed by atoms with E-state index in [0.29, 0.717) is 22.2 Å². The fourth-order valence-corrected chi connectivity index (χ4v) is 3.40. The highest BCUT2D eigenvalue weighted by atomic mass is 79.9. The number of pyridine rings is 1. The lowest BCUT2D eigenvalue weighted by atomic mass is 10.1. The molecule has 33 heavy (non-hydrogen) atoms. The summed E-state index contributed by atoms with van der Waals surface area (Å²) in [6.07, 6.45) is 3.53. The zero-order chi connectivity index (χ0) is 24.3. The van der Waals surface area contributed by atoms with Crippen molar-refractivity contribution in [2.24, 2.45) is 0 Å². The van der Waals surface area contributed by atoms with Crippen molar-refractivity contribution in [1.29, 1.82) is 0 Å². The SMILES string of the molecule is C#C/C(NC(=O)Cn1c(=O)ccc2cc(C(F)(F)F)c(F)cc21)=C(\C(Br)=C/C)c1ncn[nH]1. The summed E-state index contributed by atoms with van der Waals surface area (Å²) in [6, 6.07) is 3.26. The van der Waals surface area contributed by atoms with E-state index in [1.165, 1.54) is 6.33 Å². The van der Waals surface area contributed by atoms with Crippen molar-refractivity contribution in [1.82, 2.24) is 25.1 Å². The van der Waals surface area contributed by atoms with Gasteiger partial charge in [-0.3, -0.25) is 19.3 Å². The van der Waals surface area contributed by atoms with E-state index in [0.717, 1.165) is 16.7 Å². The Kier molecular flexibility index (Phi) is 6.83. The summed E-state index contributed by atoms with van der Waals surface area (Å²) in [7, 11) is 0. The number of allylic oxidation sites excluding steroid dienone is 4. The number of H-pyrrole nitrogens is 1. The molecule has 0 fully saturated rings. The average molecular weight is 524 g/mol. The number of alkyl halides is 3. The highest BCUT2D eigenvalue weighted by Gasteiger charge is 2.34. The van der Waals surface area contributed by atoms with Gasteiger partial charge in [-0.05, 0) is 30.5 Å². The van der Waals surface area contributed by atoms with Gasteiger partial charge in [0.15, 0.2) is 5.82 Å². The molecule has 0 saturated carbocycles. The molecule has 0 aliphatic heterocycles. The van der Waals surface area contributed by atoms with Gasteiger partial charge in [0, 0.05) is 10.5 Å². The molecule has 0 atom stereocenters. The van der Waals surface area contributed by atoms with Crippen LogP contribution >= 0.6 is 15.9 Å². The first-order chi connectivity index (χ1) is 15.6. The summed E-state index contributed by atoms with van der Waals surface area (Å²) >= 11 is 3.32. The highest BCUT2D eigenvalue weighted by Crippen LogP contribution is 2.33. The summed E-state index contributed by atoms with van der Waals surface area (Å²) in [5.41, 5.74) is -2.08. The molecule has 0 bridgehead atoms. The van der Waals surface area contributed by atoms with Crippen molar-refractivity contribution in [3.63, 3.8) is 0 Å². The third kappa shape index (κ3) is 5.04. The molecule has 2 heterocycles. The Labute approximate surface area is 192 Å². The van der Waals surface area contributed by atoms with Crippen LogP contribution < -0.4 is 10.9 Å². The third-order valence-corrected chi connectivity index (χ3v) is 5.34. The predicted molar refractivity (Wildman–Crippen MR) is 116 cm³/mol. The number of aromatic nitrogens is 4. The maximum absolute atomic E-state index is 14.1. The van der Waals surface area contributed by atoms with Gasteiger partial charge in [-0.15, -0.1) is 6.42 Å². The van der Waals surface area contributed by atoms with Crippen molar-refractivity contribution in [3.05, 3.63) is 74.4 Å². The van der Waals surface area contributed by atoms with Gasteiger partial charge in [-0.1, -0.05) is 27.9 Å². The normalized spacial score (nSPS) is 12.9. The minimum atomic E-state index is -4.92. The number of hydrogen-bond donors (Lipinski definition) is 2. The van der Waals surface area contributed by atoms with E-state index in [2.05, 4.69) is 42.3 Å². The first-order valence-electron chi connectivity index (χ1n) is 9.15. The molecule has 3 rings (SSSR count). The van der Waals surface area contributed by atoms with E-state index in [-0.39, 0.29) is 22.4 Å². The molecule has 1 aromatic carbocycles. The maximum Gasteiger partial charge on any atom is 0.419 e. The molecule has 2 N–H and O–H groups in total. The largest absolute Gasteiger partial charge is 0.419 e. The zero-order valence-electron chi connectivity index (χ0n) is 16.8. The van der Waals surface area contributed by atoms with Crippen LogP contribution in [0.5, 0.6) is 0 Å². The lowest BCUT2D eigenvalue weighted by Crippen LogP contribution is -2.32. The molecule has 0 spiro atoms. The van der Waals surface area contributed by atoms with Crippen molar-refractivity contribution in [3.8, 4) is 12.3 Å². The van der Waals surface area contributed by atoms with Gasteiger partial charge in [0.1, 0.15) is 24.4 Å². The van der Waals surface area contributed by atoms with Gasteiger partial charge in [0.25, 0.3) is 5.56 Å². The molecule has 12 heteroatoms. The van der Waals surface area contributed by atoms with E-state index in [1.54, 1.807) is 13.0 Å². The highest BCUT2D eigenvalue weighted by molar-refractivity contribution is 9.12. The summed E-state index contributed by atoms with van der Waals surface area (Å²) in [5, 5.41) is 8.77. The van der Waals surface area contributed by atoms with E-state index < -0.39 is 35.6 Å². The molecule has 0 aliphatic carbocycles. The second-order valence-electron chi connectivity index (χ2n) is 6.56. The number of terminal acetylenes is 1. The van der Waals surface area contributed by atoms with Crippen LogP contribution in [0.4, 0.5) is 17.6 Å². The number of fused-ring (bicyclic) bond motifs is 1. The number of amides is 1. The smallest absolute Gasteiger partial charge is 0.317 e. The minimum absolute atomic E-state index is 0.0134. The molecule has 3 aromatic rings. The molecule has 0 radical (unpaired) electrons. The third-order valence-electron chi connectivity index (χ3n) is 4.49. The molecule has 0 aliphatic rings. The number of nitrogens with one attached hydrogen (secondary N) is 2. The number of carbonyl (C=O) groups is 1. The van der Waals surface area contributed by atoms with Gasteiger partial charge in [0.2, 0.25) is 5.91 Å². The van der Waals surface area contributed by atoms with Crippen LogP contribution in [0.25, 0.3) is 16.5 Å². The minimum Gasteiger partial charge on any atom is -0.317 e. The van der Waals surface area contributed by atoms with Crippen LogP contribution in [0.15, 0.2) is 51.6 Å². The molecule has 1 amide bonds. The molecule has 0 saturated heterocycles. The van der Waals surface area contributed by atoms with E-state index >= 15 is 0 Å². The summed E-state index contributed by atoms with van der Waals surface area (Å²) in [5.74, 6) is 0.233. The quantitative estimate of drug-likeness (QED) is 0.302. The van der Waals surface area contributed by atoms with Crippen LogP contribution in [-0.2, 0) is 17.5 Å². The standard InChI is InChI=1S/C21H14BrF4N5O2/c1-3-13(22)19(20-27-10-28-30-20)15(4-2)29-17(32)9-31-16-8-14(23)12(21(24,25)26)7-11(16)5-6-18(31)33/h2-3,5-8,10H,9H2,1H3,(H,29,32)(H,27,28,30)/b13-3+,19-15-. The molecule has 7 nitrogen and oxygen atoms in total. The summed E-state index contributed by atoms with van der Waals surface area (Å²) in [4.78, 5) is 29.1. The Bertz CT molecular complexity index is 1380. The Morgan fingerprint density at radius 1 is 1.36 bits per heavy atom. The van der Waals surface area contributed by atoms with Gasteiger partial charge < -0.3 is 5.32 Å². The Balaban J connectivity index is 2.03. The molecule has 0 unspecified atom stereocenters. The zero-order valence-corrected chi connectivity index (χ0v) is 18.4. The number of benzene rings is 1. The van der Waals surface area contributed by atoms with Crippen molar-refractivity contribution in [2.45, 2.75) is 19.6 Å². The second kappa shape index (κ2) is 9.41. The fraction of sp³-hybridized carbons (Fsp3) is 0.143. The summed E-state index contributed by atoms with van der Waals surface area (Å²) in [6.45, 7) is 1.07. The van der Waals surface area contributed by atoms with Gasteiger partial charge in [-0.25, -0.2) is 9.37 Å². The number of nitrogens with zero attached hydrogens (tertiary/aromatic N) is 3. The Hall–Kier alpha value is -3.72. The van der Waals surface area contributed by atoms with Gasteiger partial charge >= 0.3 is 6.18 Å². The van der Waals surface area contributed by atoms with Crippen LogP contribution in [0, 0.1) is 18.2 Å². The van der Waals surface area contributed by atoms with E-state index in [1.807, 2.05) is 0 Å². The van der Waals surface area contributed by atoms with Crippen LogP contribution in [-0.4, -0.2) is 25.7 Å². The van der Waals surface area contributed by atoms with Crippen LogP contribution in [0.1, 0.15) is 18.3 Å². The maximum atomic E-state index is 14.1. The lowest BCUT2D eigenvalue weighted by Gasteiger charge is -2.14. The number of hydrogen-bond acceptors (Lipinski definition) is 4. The number of rotatable bonds is 5. The number of halogens is 5. The van der Waals surface area contributed by atoms with Crippen LogP contribution in [0.2, 0.25) is 0 Å². The second-order valence-corrected chi connectivity index (χ2v) is 7.41. The first-order valence-corrected chi connectivity index (χ1v) is 9.95. The summed E-state index contributed by atoms with van der Waals surface area (Å²) < 4.78 is 54.5. The van der Waals surface area contributed by atoms with Crippen molar-refractivity contribution < 1.29 is 22.4 Å². The van der Waals surface area contributed by atoms with Crippen molar-refractivity contribution in [2.75, 3.05) is 0 Å². The van der Waals surface area contributed by atoms with Gasteiger partial charge in [-0.2, -0.15) is 18.3 Å². The van der Waals surface area contributed by atoms with Gasteiger partial charge in [0.05, 0.1) is 16.7 Å². The first kappa shape index (κ1) is 23.9. The average Bonchev–Trinajstić information content (AvgIpc) is 3.28. The molecular formula is C21H14BrF4N5O2. The number of aromatic amines is 1. The van der Waals surface area contributed by atoms with Crippen molar-refractivity contribution >= 4 is 38.3 Å². The fourth-order valence-electron chi connectivity index (χ4n) is 3.01. The molecule has 170 valence electrons. The predicted octanol–water partition coefficient (Wildman–Crippen LogP) is 3.74. The Morgan fingerprint density at radius 3 is 2.67 bits per heavy atom. The molecule has 2 aromatic heterocycles. The molecular weight excluding hydrogens is 510 g/mol. The lowest BCUT2D eigenvalue weighted by molar-refractivity contribution is -0.139. The number of carbonyl (C=O) groups excluding carboxylic acids is 1. The van der Waals surface area contributed by atoms with E-state index in [9.17, 15) is 27.2 Å². The topological polar surface area (TPSA) is 92.7 Å². The van der Waals surface area contributed by atoms with Crippen LogP contribution in [0.3, 0.4) is 0 Å². The monoisotopic (exact) mass is 523 g/mol. The Morgan fingerprint density at radius 2 is 2.09 bits per heavy atom.